The Bertz CT molecular complexity index is 1230. The van der Waals surface area contributed by atoms with E-state index in [2.05, 4.69) is 15.1 Å². The van der Waals surface area contributed by atoms with Gasteiger partial charge in [-0.2, -0.15) is 31.4 Å². The van der Waals surface area contributed by atoms with E-state index in [1.165, 1.54) is 13.0 Å². The molecule has 15 heteroatoms. The molecule has 3 aromatic rings. The largest absolute Gasteiger partial charge is 0.434 e. The van der Waals surface area contributed by atoms with Crippen LogP contribution >= 0.6 is 0 Å². The lowest BCUT2D eigenvalue weighted by atomic mass is 9.88. The van der Waals surface area contributed by atoms with Crippen LogP contribution < -0.4 is 17.4 Å². The van der Waals surface area contributed by atoms with Crippen LogP contribution in [0.3, 0.4) is 0 Å². The van der Waals surface area contributed by atoms with Crippen LogP contribution in [0.1, 0.15) is 16.8 Å². The Hall–Kier alpha value is -3.59. The van der Waals surface area contributed by atoms with E-state index in [4.69, 9.17) is 17.4 Å². The third kappa shape index (κ3) is 3.89. The zero-order valence-electron chi connectivity index (χ0n) is 17.1. The number of aliphatic hydroxyl groups is 1. The number of hydrazone groups is 1. The molecule has 1 atom stereocenters. The number of aryl methyl sites for hydroxylation is 1. The van der Waals surface area contributed by atoms with Gasteiger partial charge < -0.3 is 16.7 Å². The lowest BCUT2D eigenvalue weighted by molar-refractivity contribution is -0.238. The highest BCUT2D eigenvalue weighted by Crippen LogP contribution is 2.42. The van der Waals surface area contributed by atoms with Crippen molar-refractivity contribution in [3.8, 4) is 11.3 Å². The molecule has 1 unspecified atom stereocenters. The topological polar surface area (TPSA) is 144 Å². The molecule has 0 amide bonds. The SMILES string of the molecule is Cc1ccc(C(O)(/C(=N/N)N(C)N)C(F)(F)F)cc1-c1cnc2c(N)nc(C(F)(F)F)cn12. The predicted octanol–water partition coefficient (Wildman–Crippen LogP) is 2.13. The second-order valence-corrected chi connectivity index (χ2v) is 7.15. The molecule has 2 aromatic heterocycles. The molecule has 0 aliphatic carbocycles. The average molecular weight is 476 g/mol. The summed E-state index contributed by atoms with van der Waals surface area (Å²) in [4.78, 5) is 7.21. The van der Waals surface area contributed by atoms with E-state index in [-0.39, 0.29) is 16.9 Å². The van der Waals surface area contributed by atoms with E-state index in [0.717, 1.165) is 29.8 Å². The molecule has 3 rings (SSSR count). The van der Waals surface area contributed by atoms with Crippen molar-refractivity contribution in [1.29, 1.82) is 0 Å². The molecule has 0 saturated carbocycles. The molecular formula is C18H18F6N8O. The number of aromatic nitrogens is 3. The molecule has 0 aliphatic heterocycles. The summed E-state index contributed by atoms with van der Waals surface area (Å²) in [5.74, 6) is 8.83. The number of nitrogens with zero attached hydrogens (tertiary/aromatic N) is 5. The third-order valence-corrected chi connectivity index (χ3v) is 4.93. The Balaban J connectivity index is 2.32. The number of nitrogens with two attached hydrogens (primary N) is 3. The number of halogens is 6. The van der Waals surface area contributed by atoms with Gasteiger partial charge in [0.15, 0.2) is 23.0 Å². The van der Waals surface area contributed by atoms with Gasteiger partial charge >= 0.3 is 12.4 Å². The number of hydrogen-bond donors (Lipinski definition) is 4. The number of anilines is 1. The first-order chi connectivity index (χ1) is 15.1. The van der Waals surface area contributed by atoms with Gasteiger partial charge in [-0.15, -0.1) is 0 Å². The number of nitrogen functional groups attached to an aromatic ring is 1. The zero-order chi connectivity index (χ0) is 24.9. The van der Waals surface area contributed by atoms with Crippen LogP contribution in [0.4, 0.5) is 32.2 Å². The molecule has 2 heterocycles. The molecule has 9 nitrogen and oxygen atoms in total. The maximum absolute atomic E-state index is 14.0. The van der Waals surface area contributed by atoms with Crippen molar-refractivity contribution in [2.24, 2.45) is 16.8 Å². The van der Waals surface area contributed by atoms with E-state index in [1.54, 1.807) is 0 Å². The second-order valence-electron chi connectivity index (χ2n) is 7.15. The van der Waals surface area contributed by atoms with Gasteiger partial charge in [0.1, 0.15) is 0 Å². The molecule has 0 spiro atoms. The highest BCUT2D eigenvalue weighted by molar-refractivity contribution is 5.92. The van der Waals surface area contributed by atoms with Gasteiger partial charge in [-0.25, -0.2) is 15.8 Å². The van der Waals surface area contributed by atoms with E-state index in [1.807, 2.05) is 0 Å². The van der Waals surface area contributed by atoms with Crippen LogP contribution in [-0.2, 0) is 11.8 Å². The lowest BCUT2D eigenvalue weighted by Crippen LogP contribution is -2.57. The molecule has 0 fully saturated rings. The summed E-state index contributed by atoms with van der Waals surface area (Å²) >= 11 is 0. The normalized spacial score (nSPS) is 15.0. The fourth-order valence-corrected chi connectivity index (χ4v) is 3.33. The maximum atomic E-state index is 14.0. The number of benzene rings is 1. The third-order valence-electron chi connectivity index (χ3n) is 4.93. The summed E-state index contributed by atoms with van der Waals surface area (Å²) in [6.07, 6.45) is -8.41. The fraction of sp³-hybridized carbons (Fsp3) is 0.278. The van der Waals surface area contributed by atoms with Crippen molar-refractivity contribution in [2.75, 3.05) is 12.8 Å². The monoisotopic (exact) mass is 476 g/mol. The highest BCUT2D eigenvalue weighted by Gasteiger charge is 2.60. The molecule has 0 aliphatic rings. The summed E-state index contributed by atoms with van der Waals surface area (Å²) in [6.45, 7) is 1.51. The number of rotatable bonds is 3. The second kappa shape index (κ2) is 7.77. The van der Waals surface area contributed by atoms with Gasteiger partial charge in [-0.1, -0.05) is 12.1 Å². The van der Waals surface area contributed by atoms with E-state index >= 15 is 0 Å². The summed E-state index contributed by atoms with van der Waals surface area (Å²) in [5, 5.41) is 14.1. The molecule has 0 saturated heterocycles. The van der Waals surface area contributed by atoms with Crippen molar-refractivity contribution in [1.82, 2.24) is 19.4 Å². The zero-order valence-corrected chi connectivity index (χ0v) is 17.1. The van der Waals surface area contributed by atoms with Crippen LogP contribution in [0.15, 0.2) is 35.7 Å². The van der Waals surface area contributed by atoms with Crippen molar-refractivity contribution >= 4 is 17.3 Å². The van der Waals surface area contributed by atoms with Crippen LogP contribution in [0.5, 0.6) is 0 Å². The van der Waals surface area contributed by atoms with Gasteiger partial charge in [0.2, 0.25) is 5.60 Å². The van der Waals surface area contributed by atoms with Crippen LogP contribution in [-0.4, -0.2) is 43.5 Å². The van der Waals surface area contributed by atoms with Crippen molar-refractivity contribution in [3.63, 3.8) is 0 Å². The number of hydrazine groups is 1. The number of hydrogen-bond acceptors (Lipinski definition) is 7. The van der Waals surface area contributed by atoms with Crippen LogP contribution in [0.2, 0.25) is 0 Å². The number of alkyl halides is 6. The lowest BCUT2D eigenvalue weighted by Gasteiger charge is -2.34. The molecule has 0 bridgehead atoms. The average Bonchev–Trinajstić information content (AvgIpc) is 3.11. The van der Waals surface area contributed by atoms with Crippen LogP contribution in [0, 0.1) is 6.92 Å². The number of imidazole rings is 1. The van der Waals surface area contributed by atoms with Gasteiger partial charge in [-0.3, -0.25) is 9.41 Å². The van der Waals surface area contributed by atoms with Gasteiger partial charge in [0.25, 0.3) is 0 Å². The van der Waals surface area contributed by atoms with Crippen molar-refractivity contribution < 1.29 is 31.4 Å². The Kier molecular flexibility index (Phi) is 5.67. The summed E-state index contributed by atoms with van der Waals surface area (Å²) in [5.41, 5.74) is 0.0339. The van der Waals surface area contributed by atoms with Crippen LogP contribution in [0.25, 0.3) is 16.9 Å². The van der Waals surface area contributed by atoms with Gasteiger partial charge in [-0.05, 0) is 18.6 Å². The van der Waals surface area contributed by atoms with Gasteiger partial charge in [0, 0.05) is 24.4 Å². The quantitative estimate of drug-likeness (QED) is 0.149. The first-order valence-electron chi connectivity index (χ1n) is 9.01. The minimum atomic E-state index is -5.32. The fourth-order valence-electron chi connectivity index (χ4n) is 3.33. The Morgan fingerprint density at radius 1 is 1.18 bits per heavy atom. The molecule has 7 N–H and O–H groups in total. The molecule has 33 heavy (non-hydrogen) atoms. The van der Waals surface area contributed by atoms with E-state index in [9.17, 15) is 31.4 Å². The Labute approximate surface area is 182 Å². The minimum Gasteiger partial charge on any atom is -0.381 e. The molecule has 1 aromatic carbocycles. The number of fused-ring (bicyclic) bond motifs is 1. The van der Waals surface area contributed by atoms with Gasteiger partial charge in [0.05, 0.1) is 11.9 Å². The molecule has 0 radical (unpaired) electrons. The van der Waals surface area contributed by atoms with Crippen molar-refractivity contribution in [3.05, 3.63) is 47.4 Å². The van der Waals surface area contributed by atoms with E-state index in [0.29, 0.717) is 16.8 Å². The minimum absolute atomic E-state index is 0.0254. The summed E-state index contributed by atoms with van der Waals surface area (Å²) in [6, 6.07) is 3.15. The standard InChI is InChI=1S/C18H18F6N8O/c1-8-3-4-9(16(33,18(22,23)24)15(30-26)31(2)27)5-10(8)11-6-28-14-13(25)29-12(7-32(11)14)17(19,20)21/h3-7,33H,26-27H2,1-2H3,(H2,25,29)/b30-15-. The first-order valence-corrected chi connectivity index (χ1v) is 9.01. The highest BCUT2D eigenvalue weighted by atomic mass is 19.4. The summed E-state index contributed by atoms with van der Waals surface area (Å²) in [7, 11) is 0.996. The van der Waals surface area contributed by atoms with E-state index < -0.39 is 40.9 Å². The Morgan fingerprint density at radius 3 is 2.33 bits per heavy atom. The molecule has 178 valence electrons. The first kappa shape index (κ1) is 24.1. The summed E-state index contributed by atoms with van der Waals surface area (Å²) < 4.78 is 82.7. The Morgan fingerprint density at radius 2 is 1.82 bits per heavy atom. The molecular weight excluding hydrogens is 458 g/mol. The number of likely N-dealkylation sites (N-methyl/N-ethyl adjacent to an activating group) is 1. The van der Waals surface area contributed by atoms with Crippen molar-refractivity contribution in [2.45, 2.75) is 24.9 Å². The smallest absolute Gasteiger partial charge is 0.381 e. The maximum Gasteiger partial charge on any atom is 0.434 e. The number of amidine groups is 1. The predicted molar refractivity (Wildman–Crippen MR) is 106 cm³/mol.